The van der Waals surface area contributed by atoms with Gasteiger partial charge in [0, 0.05) is 37.4 Å². The zero-order chi connectivity index (χ0) is 61.2. The van der Waals surface area contributed by atoms with Crippen LogP contribution in [0.1, 0.15) is 33.6 Å². The van der Waals surface area contributed by atoms with E-state index in [1.54, 1.807) is 24.3 Å². The van der Waals surface area contributed by atoms with Crippen LogP contribution in [0.4, 0.5) is 79.8 Å². The smallest absolute Gasteiger partial charge is 0.461 e. The van der Waals surface area contributed by atoms with Crippen molar-refractivity contribution in [3.05, 3.63) is 189 Å². The van der Waals surface area contributed by atoms with Gasteiger partial charge in [0.05, 0.1) is 21.4 Å². The Labute approximate surface area is 460 Å². The van der Waals surface area contributed by atoms with Crippen LogP contribution in [0.5, 0.6) is 11.5 Å². The number of rotatable bonds is 20. The van der Waals surface area contributed by atoms with E-state index < -0.39 is 132 Å². The second kappa shape index (κ2) is 26.1. The molecule has 6 rings (SSSR count). The molecule has 32 heteroatoms. The zero-order valence-corrected chi connectivity index (χ0v) is 42.1. The van der Waals surface area contributed by atoms with E-state index in [9.17, 15) is 89.4 Å². The summed E-state index contributed by atoms with van der Waals surface area (Å²) in [4.78, 5) is 56.7. The SMILES string of the molecule is NC(=O)C(NC(=O)N[C@@](Cc1ccccc1)(c1cc(F)cc(OC(F)(F)C(F)F)c1)c1ccc(Cl)cn1)C(F)(F)F.O=C(NC(C(=O)O)C(F)(F)F)N[C@@](Cc1ccccc1)(c1cc(F)cc(OC(F)(F)C(F)F)c1)c1ccc(Cl)cn1. The van der Waals surface area contributed by atoms with Gasteiger partial charge in [0.25, 0.3) is 0 Å². The highest BCUT2D eigenvalue weighted by Gasteiger charge is 2.50. The number of carbonyl (C=O) groups is 4. The van der Waals surface area contributed by atoms with Crippen molar-refractivity contribution >= 4 is 47.1 Å². The summed E-state index contributed by atoms with van der Waals surface area (Å²) in [5.41, 5.74) is -0.370. The molecule has 0 radical (unpaired) electrons. The molecule has 0 aliphatic heterocycles. The predicted octanol–water partition coefficient (Wildman–Crippen LogP) is 11.2. The largest absolute Gasteiger partial charge is 0.479 e. The van der Waals surface area contributed by atoms with Gasteiger partial charge < -0.3 is 41.6 Å². The van der Waals surface area contributed by atoms with Crippen LogP contribution in [0.25, 0.3) is 0 Å². The molecule has 6 aromatic rings. The fraction of sp³-hybridized carbons (Fsp3) is 0.240. The first-order valence-corrected chi connectivity index (χ1v) is 23.3. The van der Waals surface area contributed by atoms with Crippen LogP contribution in [0.2, 0.25) is 10.0 Å². The summed E-state index contributed by atoms with van der Waals surface area (Å²) in [7, 11) is 0. The number of benzene rings is 4. The van der Waals surface area contributed by atoms with Crippen molar-refractivity contribution in [2.75, 3.05) is 0 Å². The van der Waals surface area contributed by atoms with E-state index in [1.807, 2.05) is 0 Å². The van der Waals surface area contributed by atoms with Crippen molar-refractivity contribution in [2.24, 2.45) is 5.73 Å². The van der Waals surface area contributed by atoms with Crippen LogP contribution in [0.3, 0.4) is 0 Å². The van der Waals surface area contributed by atoms with E-state index >= 15 is 0 Å². The molecule has 4 aromatic carbocycles. The number of ether oxygens (including phenoxy) is 2. The second-order valence-electron chi connectivity index (χ2n) is 17.0. The van der Waals surface area contributed by atoms with Crippen molar-refractivity contribution < 1.29 is 104 Å². The molecule has 0 saturated carbocycles. The number of amides is 5. The Morgan fingerprint density at radius 1 is 0.537 bits per heavy atom. The highest BCUT2D eigenvalue weighted by Crippen LogP contribution is 2.40. The molecule has 4 atom stereocenters. The Bertz CT molecular complexity index is 2970. The van der Waals surface area contributed by atoms with Crippen molar-refractivity contribution in [1.29, 1.82) is 0 Å². The summed E-state index contributed by atoms with van der Waals surface area (Å²) in [6, 6.07) is 13.6. The third-order valence-corrected chi connectivity index (χ3v) is 11.5. The molecule has 2 unspecified atom stereocenters. The van der Waals surface area contributed by atoms with Crippen LogP contribution in [0, 0.1) is 11.6 Å². The van der Waals surface area contributed by atoms with Gasteiger partial charge in [-0.1, -0.05) is 83.9 Å². The fourth-order valence-corrected chi connectivity index (χ4v) is 7.79. The van der Waals surface area contributed by atoms with Gasteiger partial charge in [-0.25, -0.2) is 23.2 Å². The molecule has 5 amide bonds. The van der Waals surface area contributed by atoms with Gasteiger partial charge in [-0.15, -0.1) is 0 Å². The standard InChI is InChI=1S/C25H19ClF8N4O3.C25H18ClF8N3O4/c26-15-6-7-18(36-12-15)23(11-13-4-2-1-3-5-13,38-22(40)37-19(20(35)39)24(30,31)32)14-8-16(27)10-17(9-14)41-25(33,34)21(28)29;26-15-6-7-18(35-12-15)23(11-13-4-2-1-3-5-13,37-22(40)36-19(20(38)39)24(30,31)32)14-8-16(27)10-17(9-14)41-25(33,34)21(28)29/h1-10,12,19,21H,11H2,(H2,35,39)(H2,37,38,40);1-10,12,19,21H,11H2,(H,38,39)(H2,36,37,40)/t2*19?,23-/m00/s1. The van der Waals surface area contributed by atoms with Crippen molar-refractivity contribution in [2.45, 2.75) is 73.4 Å². The number of aromatic nitrogens is 2. The lowest BCUT2D eigenvalue weighted by Gasteiger charge is -2.36. The molecule has 7 N–H and O–H groups in total. The van der Waals surface area contributed by atoms with Gasteiger partial charge in [0.15, 0.2) is 0 Å². The minimum atomic E-state index is -5.44. The van der Waals surface area contributed by atoms with Gasteiger partial charge in [-0.3, -0.25) is 14.8 Å². The highest BCUT2D eigenvalue weighted by molar-refractivity contribution is 6.30. The molecule has 0 aliphatic rings. The number of nitrogens with one attached hydrogen (secondary N) is 4. The Morgan fingerprint density at radius 2 is 0.890 bits per heavy atom. The van der Waals surface area contributed by atoms with Gasteiger partial charge in [0.2, 0.25) is 18.0 Å². The van der Waals surface area contributed by atoms with Crippen LogP contribution >= 0.6 is 23.2 Å². The number of halogens is 18. The quantitative estimate of drug-likeness (QED) is 0.0402. The maximum atomic E-state index is 14.8. The molecule has 82 heavy (non-hydrogen) atoms. The van der Waals surface area contributed by atoms with Crippen LogP contribution < -0.4 is 36.5 Å². The number of nitrogens with zero attached hydrogens (tertiary/aromatic N) is 2. The fourth-order valence-electron chi connectivity index (χ4n) is 7.56. The monoisotopic (exact) mass is 1220 g/mol. The Balaban J connectivity index is 0.000000301. The number of hydrogen-bond donors (Lipinski definition) is 6. The van der Waals surface area contributed by atoms with E-state index in [0.717, 1.165) is 12.4 Å². The number of aliphatic carboxylic acids is 1. The van der Waals surface area contributed by atoms with Crippen molar-refractivity contribution in [1.82, 2.24) is 31.2 Å². The molecule has 0 fully saturated rings. The van der Waals surface area contributed by atoms with E-state index in [-0.39, 0.29) is 21.4 Å². The highest BCUT2D eigenvalue weighted by atomic mass is 35.5. The average molecular weight is 1220 g/mol. The summed E-state index contributed by atoms with van der Waals surface area (Å²) in [5, 5.41) is 16.1. The van der Waals surface area contributed by atoms with Gasteiger partial charge in [-0.2, -0.15) is 61.5 Å². The lowest BCUT2D eigenvalue weighted by Crippen LogP contribution is -2.60. The normalized spacial score (nSPS) is 14.2. The Hall–Kier alpha value is -8.28. The molecule has 440 valence electrons. The average Bonchev–Trinajstić information content (AvgIpc) is 3.42. The van der Waals surface area contributed by atoms with Crippen molar-refractivity contribution in [3.8, 4) is 11.5 Å². The van der Waals surface area contributed by atoms with Crippen LogP contribution in [-0.4, -0.2) is 88.5 Å². The van der Waals surface area contributed by atoms with E-state index in [4.69, 9.17) is 34.0 Å². The number of carboxylic acid groups (broad SMARTS) is 1. The molecule has 0 aliphatic carbocycles. The lowest BCUT2D eigenvalue weighted by molar-refractivity contribution is -0.253. The first kappa shape index (κ1) is 64.5. The summed E-state index contributed by atoms with van der Waals surface area (Å²) < 4.78 is 223. The molecule has 0 bridgehead atoms. The number of carboxylic acids is 1. The molecule has 14 nitrogen and oxygen atoms in total. The summed E-state index contributed by atoms with van der Waals surface area (Å²) in [6.07, 6.45) is -28.3. The topological polar surface area (TPSA) is 207 Å². The number of primary amides is 1. The molecule has 2 heterocycles. The third-order valence-electron chi connectivity index (χ3n) is 11.1. The lowest BCUT2D eigenvalue weighted by atomic mass is 9.80. The Kier molecular flexibility index (Phi) is 20.5. The summed E-state index contributed by atoms with van der Waals surface area (Å²) in [5.74, 6) is -9.28. The van der Waals surface area contributed by atoms with E-state index in [2.05, 4.69) is 30.1 Å². The van der Waals surface area contributed by atoms with Crippen LogP contribution in [-0.2, 0) is 33.5 Å². The minimum Gasteiger partial charge on any atom is -0.479 e. The number of nitrogens with two attached hydrogens (primary N) is 1. The van der Waals surface area contributed by atoms with Gasteiger partial charge in [0.1, 0.15) is 34.2 Å². The van der Waals surface area contributed by atoms with Crippen LogP contribution in [0.15, 0.2) is 134 Å². The van der Waals surface area contributed by atoms with E-state index in [0.29, 0.717) is 47.5 Å². The molecular formula is C50H37Cl2F16N7O7. The maximum absolute atomic E-state index is 14.8. The molecule has 2 aromatic heterocycles. The van der Waals surface area contributed by atoms with Gasteiger partial charge >= 0.3 is 55.5 Å². The van der Waals surface area contributed by atoms with Crippen molar-refractivity contribution in [3.63, 3.8) is 0 Å². The zero-order valence-electron chi connectivity index (χ0n) is 40.6. The predicted molar refractivity (Wildman–Crippen MR) is 256 cm³/mol. The van der Waals surface area contributed by atoms with Gasteiger partial charge in [-0.05, 0) is 70.8 Å². The summed E-state index contributed by atoms with van der Waals surface area (Å²) in [6.45, 7) is 0. The first-order chi connectivity index (χ1) is 38.1. The number of alkyl halides is 14. The molecule has 0 saturated heterocycles. The molecule has 0 spiro atoms. The Morgan fingerprint density at radius 3 is 1.18 bits per heavy atom. The number of urea groups is 2. The number of hydrogen-bond acceptors (Lipinski definition) is 8. The first-order valence-electron chi connectivity index (χ1n) is 22.5. The second-order valence-corrected chi connectivity index (χ2v) is 17.9. The maximum Gasteiger partial charge on any atom is 0.461 e. The summed E-state index contributed by atoms with van der Waals surface area (Å²) >= 11 is 11.8. The molecular weight excluding hydrogens is 1190 g/mol. The van der Waals surface area contributed by atoms with E-state index in [1.165, 1.54) is 71.3 Å². The minimum absolute atomic E-state index is 0.0506. The number of pyridine rings is 2. The third kappa shape index (κ3) is 16.9. The number of carbonyl (C=O) groups excluding carboxylic acids is 3.